The number of hydrogen-bond donors (Lipinski definition) is 1. The molecule has 1 atom stereocenters. The van der Waals surface area contributed by atoms with E-state index in [4.69, 9.17) is 4.42 Å². The summed E-state index contributed by atoms with van der Waals surface area (Å²) >= 11 is 0. The number of aromatic nitrogens is 1. The molecule has 0 aliphatic rings. The lowest BCUT2D eigenvalue weighted by Crippen LogP contribution is -2.04. The normalized spacial score (nSPS) is 12.7. The molecule has 1 aromatic carbocycles. The van der Waals surface area contributed by atoms with Crippen LogP contribution in [0.1, 0.15) is 89.9 Å². The van der Waals surface area contributed by atoms with Gasteiger partial charge < -0.3 is 9.52 Å². The number of hydrogen-bond acceptors (Lipinski definition) is 5. The summed E-state index contributed by atoms with van der Waals surface area (Å²) in [5, 5.41) is 20.8. The molecule has 1 N–H and O–H groups in total. The SMILES string of the molecule is CCCCCC[C@@H](O)C/C=C\CCCCCCCc1nc2cc([N+](=O)[O-])ccc2o1. The van der Waals surface area contributed by atoms with Gasteiger partial charge in [0.1, 0.15) is 5.52 Å². The summed E-state index contributed by atoms with van der Waals surface area (Å²) in [6, 6.07) is 4.52. The van der Waals surface area contributed by atoms with Gasteiger partial charge >= 0.3 is 0 Å². The van der Waals surface area contributed by atoms with Gasteiger partial charge in [-0.15, -0.1) is 0 Å². The van der Waals surface area contributed by atoms with Crippen molar-refractivity contribution in [2.75, 3.05) is 0 Å². The Balaban J connectivity index is 1.50. The highest BCUT2D eigenvalue weighted by atomic mass is 16.6. The van der Waals surface area contributed by atoms with E-state index < -0.39 is 4.92 Å². The summed E-state index contributed by atoms with van der Waals surface area (Å²) in [6.45, 7) is 2.20. The van der Waals surface area contributed by atoms with Gasteiger partial charge in [0.05, 0.1) is 11.0 Å². The molecule has 0 amide bonds. The number of benzene rings is 1. The van der Waals surface area contributed by atoms with Crippen LogP contribution in [0.5, 0.6) is 0 Å². The number of oxazole rings is 1. The fourth-order valence-corrected chi connectivity index (χ4v) is 3.55. The van der Waals surface area contributed by atoms with E-state index >= 15 is 0 Å². The lowest BCUT2D eigenvalue weighted by molar-refractivity contribution is -0.384. The van der Waals surface area contributed by atoms with Crippen LogP contribution in [-0.4, -0.2) is 21.1 Å². The third-order valence-corrected chi connectivity index (χ3v) is 5.35. The second-order valence-electron chi connectivity index (χ2n) is 8.03. The monoisotopic (exact) mass is 416 g/mol. The van der Waals surface area contributed by atoms with Crippen molar-refractivity contribution < 1.29 is 14.4 Å². The molecular formula is C24H36N2O4. The van der Waals surface area contributed by atoms with Crippen LogP contribution in [0.3, 0.4) is 0 Å². The molecule has 1 aromatic heterocycles. The van der Waals surface area contributed by atoms with Gasteiger partial charge in [0.15, 0.2) is 11.5 Å². The van der Waals surface area contributed by atoms with Crippen molar-refractivity contribution in [3.8, 4) is 0 Å². The van der Waals surface area contributed by atoms with Crippen LogP contribution in [0.2, 0.25) is 0 Å². The van der Waals surface area contributed by atoms with E-state index in [9.17, 15) is 15.2 Å². The van der Waals surface area contributed by atoms with Crippen LogP contribution in [0, 0.1) is 10.1 Å². The zero-order valence-electron chi connectivity index (χ0n) is 18.2. The van der Waals surface area contributed by atoms with Gasteiger partial charge in [-0.3, -0.25) is 10.1 Å². The average molecular weight is 417 g/mol. The number of aryl methyl sites for hydroxylation is 1. The number of nitro groups is 1. The van der Waals surface area contributed by atoms with E-state index in [0.29, 0.717) is 17.0 Å². The maximum Gasteiger partial charge on any atom is 0.271 e. The fraction of sp³-hybridized carbons (Fsp3) is 0.625. The molecule has 0 bridgehead atoms. The average Bonchev–Trinajstić information content (AvgIpc) is 3.14. The molecule has 0 saturated carbocycles. The van der Waals surface area contributed by atoms with Crippen LogP contribution in [0.25, 0.3) is 11.1 Å². The van der Waals surface area contributed by atoms with Gasteiger partial charge in [-0.1, -0.05) is 64.0 Å². The summed E-state index contributed by atoms with van der Waals surface area (Å²) in [4.78, 5) is 14.8. The Morgan fingerprint density at radius 3 is 2.67 bits per heavy atom. The quantitative estimate of drug-likeness (QED) is 0.139. The molecule has 0 unspecified atom stereocenters. The highest BCUT2D eigenvalue weighted by molar-refractivity contribution is 5.75. The van der Waals surface area contributed by atoms with E-state index in [2.05, 4.69) is 24.1 Å². The molecule has 6 heteroatoms. The molecule has 166 valence electrons. The first kappa shape index (κ1) is 24.1. The number of unbranched alkanes of at least 4 members (excludes halogenated alkanes) is 8. The van der Waals surface area contributed by atoms with Crippen LogP contribution in [0.15, 0.2) is 34.8 Å². The van der Waals surface area contributed by atoms with E-state index in [1.165, 1.54) is 50.7 Å². The largest absolute Gasteiger partial charge is 0.441 e. The third kappa shape index (κ3) is 9.08. The number of aliphatic hydroxyl groups excluding tert-OH is 1. The van der Waals surface area contributed by atoms with Crippen LogP contribution in [-0.2, 0) is 6.42 Å². The number of nitrogens with zero attached hydrogens (tertiary/aromatic N) is 2. The zero-order valence-corrected chi connectivity index (χ0v) is 18.2. The number of non-ortho nitro benzene ring substituents is 1. The van der Waals surface area contributed by atoms with Gasteiger partial charge in [-0.05, 0) is 38.2 Å². The summed E-state index contributed by atoms with van der Waals surface area (Å²) < 4.78 is 5.67. The topological polar surface area (TPSA) is 89.4 Å². The smallest absolute Gasteiger partial charge is 0.271 e. The van der Waals surface area contributed by atoms with Crippen molar-refractivity contribution in [1.29, 1.82) is 0 Å². The number of rotatable bonds is 16. The third-order valence-electron chi connectivity index (χ3n) is 5.35. The first-order chi connectivity index (χ1) is 14.6. The first-order valence-electron chi connectivity index (χ1n) is 11.5. The second kappa shape index (κ2) is 13.9. The molecule has 1 heterocycles. The lowest BCUT2D eigenvalue weighted by Gasteiger charge is -2.07. The number of allylic oxidation sites excluding steroid dienone is 1. The van der Waals surface area contributed by atoms with Gasteiger partial charge in [0, 0.05) is 18.6 Å². The maximum atomic E-state index is 10.8. The minimum atomic E-state index is -0.417. The predicted octanol–water partition coefficient (Wildman–Crippen LogP) is 6.90. The van der Waals surface area contributed by atoms with Crippen LogP contribution >= 0.6 is 0 Å². The molecule has 6 nitrogen and oxygen atoms in total. The Kier molecular flexibility index (Phi) is 11.2. The predicted molar refractivity (Wildman–Crippen MR) is 121 cm³/mol. The maximum absolute atomic E-state index is 10.8. The minimum Gasteiger partial charge on any atom is -0.441 e. The van der Waals surface area contributed by atoms with E-state index in [0.717, 1.165) is 44.9 Å². The van der Waals surface area contributed by atoms with Gasteiger partial charge in [0.25, 0.3) is 5.69 Å². The van der Waals surface area contributed by atoms with Gasteiger partial charge in [0.2, 0.25) is 0 Å². The van der Waals surface area contributed by atoms with Gasteiger partial charge in [-0.2, -0.15) is 0 Å². The minimum absolute atomic E-state index is 0.0397. The van der Waals surface area contributed by atoms with Crippen molar-refractivity contribution in [2.45, 2.75) is 96.5 Å². The molecule has 0 spiro atoms. The first-order valence-corrected chi connectivity index (χ1v) is 11.5. The molecule has 2 aromatic rings. The summed E-state index contributed by atoms with van der Waals surface area (Å²) in [6.07, 6.45) is 18.2. The summed E-state index contributed by atoms with van der Waals surface area (Å²) in [5.74, 6) is 0.654. The zero-order chi connectivity index (χ0) is 21.6. The Bertz CT molecular complexity index is 785. The Hall–Kier alpha value is -2.21. The molecule has 0 saturated heterocycles. The van der Waals surface area contributed by atoms with Crippen LogP contribution < -0.4 is 0 Å². The Labute approximate surface area is 179 Å². The molecule has 0 fully saturated rings. The Morgan fingerprint density at radius 2 is 1.87 bits per heavy atom. The van der Waals surface area contributed by atoms with Gasteiger partial charge in [-0.25, -0.2) is 4.98 Å². The molecule has 0 radical (unpaired) electrons. The van der Waals surface area contributed by atoms with Crippen molar-refractivity contribution in [1.82, 2.24) is 4.98 Å². The number of fused-ring (bicyclic) bond motifs is 1. The highest BCUT2D eigenvalue weighted by Crippen LogP contribution is 2.22. The molecule has 2 rings (SSSR count). The van der Waals surface area contributed by atoms with Crippen LogP contribution in [0.4, 0.5) is 5.69 Å². The summed E-state index contributed by atoms with van der Waals surface area (Å²) in [5.41, 5.74) is 1.20. The van der Waals surface area contributed by atoms with E-state index in [-0.39, 0.29) is 11.8 Å². The molecular weight excluding hydrogens is 380 g/mol. The van der Waals surface area contributed by atoms with E-state index in [1.807, 2.05) is 0 Å². The standard InChI is InChI=1S/C24H36N2O4/c1-2-3-4-11-14-21(27)15-12-9-7-5-6-8-10-13-16-24-25-22-19-20(26(28)29)17-18-23(22)30-24/h9,12,17-19,21,27H,2-8,10-11,13-16H2,1H3/b12-9-/t21-/m1/s1. The van der Waals surface area contributed by atoms with Crippen molar-refractivity contribution in [2.24, 2.45) is 0 Å². The van der Waals surface area contributed by atoms with E-state index in [1.54, 1.807) is 6.07 Å². The number of aliphatic hydroxyl groups is 1. The number of nitro benzene ring substituents is 1. The fourth-order valence-electron chi connectivity index (χ4n) is 3.55. The van der Waals surface area contributed by atoms with Crippen molar-refractivity contribution in [3.63, 3.8) is 0 Å². The van der Waals surface area contributed by atoms with Crippen molar-refractivity contribution in [3.05, 3.63) is 46.4 Å². The second-order valence-corrected chi connectivity index (χ2v) is 8.03. The molecule has 0 aliphatic heterocycles. The Morgan fingerprint density at radius 1 is 1.10 bits per heavy atom. The highest BCUT2D eigenvalue weighted by Gasteiger charge is 2.11. The lowest BCUT2D eigenvalue weighted by atomic mass is 10.1. The summed E-state index contributed by atoms with van der Waals surface area (Å²) in [7, 11) is 0. The molecule has 0 aliphatic carbocycles. The van der Waals surface area contributed by atoms with Crippen molar-refractivity contribution >= 4 is 16.8 Å². The molecule has 30 heavy (non-hydrogen) atoms.